The first-order chi connectivity index (χ1) is 8.17. The fourth-order valence-corrected chi connectivity index (χ4v) is 2.11. The van der Waals surface area contributed by atoms with Gasteiger partial charge in [-0.3, -0.25) is 4.79 Å². The Hall–Kier alpha value is -1.50. The minimum atomic E-state index is -0.729. The molecule has 0 fully saturated rings. The predicted molar refractivity (Wildman–Crippen MR) is 69.7 cm³/mol. The van der Waals surface area contributed by atoms with Gasteiger partial charge in [-0.2, -0.15) is 5.26 Å². The van der Waals surface area contributed by atoms with E-state index in [0.717, 1.165) is 6.42 Å². The Kier molecular flexibility index (Phi) is 3.75. The molecular weight excluding hydrogens is 228 g/mol. The van der Waals surface area contributed by atoms with Crippen LogP contribution >= 0.6 is 0 Å². The first-order valence-corrected chi connectivity index (χ1v) is 6.33. The van der Waals surface area contributed by atoms with Crippen molar-refractivity contribution in [2.75, 3.05) is 6.54 Å². The van der Waals surface area contributed by atoms with E-state index in [1.807, 2.05) is 19.9 Å². The molecule has 1 N–H and O–H groups in total. The van der Waals surface area contributed by atoms with E-state index in [0.29, 0.717) is 13.0 Å². The summed E-state index contributed by atoms with van der Waals surface area (Å²) in [4.78, 5) is 13.8. The number of hydrogen-bond acceptors (Lipinski definition) is 3. The van der Waals surface area contributed by atoms with Crippen LogP contribution in [0.4, 0.5) is 0 Å². The van der Waals surface area contributed by atoms with Gasteiger partial charge in [0.15, 0.2) is 5.57 Å². The maximum Gasteiger partial charge on any atom is 0.268 e. The van der Waals surface area contributed by atoms with Crippen molar-refractivity contribution in [1.82, 2.24) is 4.90 Å². The highest BCUT2D eigenvalue weighted by Gasteiger charge is 2.47. The number of amides is 1. The molecule has 4 heteroatoms. The van der Waals surface area contributed by atoms with E-state index in [9.17, 15) is 9.90 Å². The van der Waals surface area contributed by atoms with Crippen LogP contribution in [-0.2, 0) is 4.79 Å². The molecule has 0 saturated carbocycles. The zero-order chi connectivity index (χ0) is 14.1. The second kappa shape index (κ2) is 4.64. The van der Waals surface area contributed by atoms with Crippen LogP contribution < -0.4 is 0 Å². The molecule has 0 spiro atoms. The van der Waals surface area contributed by atoms with Crippen molar-refractivity contribution in [1.29, 1.82) is 5.26 Å². The first-order valence-electron chi connectivity index (χ1n) is 6.33. The molecule has 0 aliphatic carbocycles. The van der Waals surface area contributed by atoms with Gasteiger partial charge >= 0.3 is 0 Å². The second-order valence-corrected chi connectivity index (χ2v) is 6.23. The molecule has 0 bridgehead atoms. The third-order valence-corrected chi connectivity index (χ3v) is 3.69. The number of carbonyl (C=O) groups is 1. The van der Waals surface area contributed by atoms with Crippen LogP contribution in [0.5, 0.6) is 0 Å². The maximum atomic E-state index is 12.1. The van der Waals surface area contributed by atoms with E-state index in [1.54, 1.807) is 4.90 Å². The van der Waals surface area contributed by atoms with Crippen LogP contribution in [0, 0.1) is 16.7 Å². The van der Waals surface area contributed by atoms with Crippen molar-refractivity contribution < 1.29 is 9.90 Å². The number of nitriles is 1. The van der Waals surface area contributed by atoms with Crippen LogP contribution in [0.15, 0.2) is 11.3 Å². The summed E-state index contributed by atoms with van der Waals surface area (Å²) in [7, 11) is 0. The molecule has 1 aliphatic rings. The van der Waals surface area contributed by atoms with Gasteiger partial charge < -0.3 is 10.0 Å². The minimum Gasteiger partial charge on any atom is -0.508 e. The number of nitrogens with zero attached hydrogens (tertiary/aromatic N) is 2. The molecular formula is C14H22N2O2. The maximum absolute atomic E-state index is 12.1. The summed E-state index contributed by atoms with van der Waals surface area (Å²) >= 11 is 0. The highest BCUT2D eigenvalue weighted by Crippen LogP contribution is 2.37. The lowest BCUT2D eigenvalue weighted by Gasteiger charge is -2.36. The smallest absolute Gasteiger partial charge is 0.268 e. The molecule has 1 aliphatic heterocycles. The highest BCUT2D eigenvalue weighted by molar-refractivity contribution is 6.01. The van der Waals surface area contributed by atoms with Crippen molar-refractivity contribution in [3.05, 3.63) is 11.3 Å². The largest absolute Gasteiger partial charge is 0.508 e. The van der Waals surface area contributed by atoms with E-state index < -0.39 is 5.54 Å². The normalized spacial score (nSPS) is 24.7. The van der Waals surface area contributed by atoms with E-state index >= 15 is 0 Å². The Labute approximate surface area is 109 Å². The van der Waals surface area contributed by atoms with E-state index in [2.05, 4.69) is 20.8 Å². The summed E-state index contributed by atoms with van der Waals surface area (Å²) < 4.78 is 0. The van der Waals surface area contributed by atoms with Gasteiger partial charge in [0.05, 0.1) is 5.54 Å². The minimum absolute atomic E-state index is 0.0774. The van der Waals surface area contributed by atoms with E-state index in [-0.39, 0.29) is 22.7 Å². The summed E-state index contributed by atoms with van der Waals surface area (Å²) in [6, 6.07) is 1.82. The molecule has 0 aromatic carbocycles. The second-order valence-electron chi connectivity index (χ2n) is 6.23. The van der Waals surface area contributed by atoms with E-state index in [1.165, 1.54) is 0 Å². The third kappa shape index (κ3) is 2.35. The number of carbonyl (C=O) groups excluding carboxylic acids is 1. The Morgan fingerprint density at radius 3 is 2.39 bits per heavy atom. The number of hydrogen-bond donors (Lipinski definition) is 1. The lowest BCUT2D eigenvalue weighted by atomic mass is 9.90. The Balaban J connectivity index is 3.01. The van der Waals surface area contributed by atoms with Crippen molar-refractivity contribution >= 4 is 5.91 Å². The van der Waals surface area contributed by atoms with Crippen LogP contribution in [0.2, 0.25) is 0 Å². The van der Waals surface area contributed by atoms with Crippen LogP contribution in [0.25, 0.3) is 0 Å². The summed E-state index contributed by atoms with van der Waals surface area (Å²) in [6.45, 7) is 10.6. The Morgan fingerprint density at radius 1 is 1.44 bits per heavy atom. The zero-order valence-corrected chi connectivity index (χ0v) is 11.9. The topological polar surface area (TPSA) is 64.3 Å². The average Bonchev–Trinajstić information content (AvgIpc) is 2.45. The first kappa shape index (κ1) is 14.6. The molecule has 1 unspecified atom stereocenters. The molecule has 0 saturated heterocycles. The third-order valence-electron chi connectivity index (χ3n) is 3.69. The Morgan fingerprint density at radius 2 is 2.00 bits per heavy atom. The number of aliphatic hydroxyl groups is 1. The zero-order valence-electron chi connectivity index (χ0n) is 11.9. The molecule has 0 aromatic heterocycles. The summed E-state index contributed by atoms with van der Waals surface area (Å²) in [5.41, 5.74) is -0.721. The van der Waals surface area contributed by atoms with E-state index in [4.69, 9.17) is 5.26 Å². The van der Waals surface area contributed by atoms with Crippen LogP contribution in [0.3, 0.4) is 0 Å². The summed E-state index contributed by atoms with van der Waals surface area (Å²) in [6.07, 6.45) is 1.43. The average molecular weight is 250 g/mol. The van der Waals surface area contributed by atoms with Gasteiger partial charge in [-0.25, -0.2) is 0 Å². The van der Waals surface area contributed by atoms with Crippen molar-refractivity contribution in [2.45, 2.75) is 53.0 Å². The van der Waals surface area contributed by atoms with Gasteiger partial charge in [0.2, 0.25) is 0 Å². The fourth-order valence-electron chi connectivity index (χ4n) is 2.11. The number of rotatable bonds is 3. The van der Waals surface area contributed by atoms with Crippen LogP contribution in [0.1, 0.15) is 47.5 Å². The number of aliphatic hydroxyl groups excluding tert-OH is 1. The Bertz CT molecular complexity index is 426. The van der Waals surface area contributed by atoms with Crippen molar-refractivity contribution in [2.24, 2.45) is 5.41 Å². The lowest BCUT2D eigenvalue weighted by molar-refractivity contribution is -0.129. The van der Waals surface area contributed by atoms with Gasteiger partial charge in [0, 0.05) is 6.54 Å². The standard InChI is InChI=1S/C14H22N2O2/c1-6-14(5)11(17)10(9-15)12(18)16(14)8-7-13(2,3)4/h17H,6-8H2,1-5H3. The predicted octanol–water partition coefficient (Wildman–Crippen LogP) is 2.77. The molecule has 1 heterocycles. The molecule has 1 rings (SSSR count). The summed E-state index contributed by atoms with van der Waals surface area (Å²) in [5, 5.41) is 19.0. The molecule has 18 heavy (non-hydrogen) atoms. The SMILES string of the molecule is CCC1(C)C(O)=C(C#N)C(=O)N1CCC(C)(C)C. The highest BCUT2D eigenvalue weighted by atomic mass is 16.3. The molecule has 0 radical (unpaired) electrons. The fraction of sp³-hybridized carbons (Fsp3) is 0.714. The quantitative estimate of drug-likeness (QED) is 0.837. The van der Waals surface area contributed by atoms with Gasteiger partial charge in [0.25, 0.3) is 5.91 Å². The van der Waals surface area contributed by atoms with Gasteiger partial charge in [-0.1, -0.05) is 27.7 Å². The lowest BCUT2D eigenvalue weighted by Crippen LogP contribution is -2.46. The molecule has 1 amide bonds. The monoisotopic (exact) mass is 250 g/mol. The summed E-state index contributed by atoms with van der Waals surface area (Å²) in [5.74, 6) is -0.421. The van der Waals surface area contributed by atoms with Crippen molar-refractivity contribution in [3.63, 3.8) is 0 Å². The molecule has 4 nitrogen and oxygen atoms in total. The molecule has 100 valence electrons. The van der Waals surface area contributed by atoms with Gasteiger partial charge in [-0.15, -0.1) is 0 Å². The van der Waals surface area contributed by atoms with Crippen molar-refractivity contribution in [3.8, 4) is 6.07 Å². The van der Waals surface area contributed by atoms with Crippen LogP contribution in [-0.4, -0.2) is 28.0 Å². The molecule has 1 atom stereocenters. The van der Waals surface area contributed by atoms with Gasteiger partial charge in [-0.05, 0) is 25.2 Å². The molecule has 0 aromatic rings. The van der Waals surface area contributed by atoms with Gasteiger partial charge in [0.1, 0.15) is 11.8 Å².